The summed E-state index contributed by atoms with van der Waals surface area (Å²) in [5.74, 6) is 0. The third-order valence-electron chi connectivity index (χ3n) is 0.0745. The zero-order valence-corrected chi connectivity index (χ0v) is 6.09. The molecule has 3 heteroatoms. The van der Waals surface area contributed by atoms with Gasteiger partial charge in [-0.2, -0.15) is 0 Å². The average Bonchev–Trinajstić information content (AvgIpc) is 1.37. The SMILES string of the molecule is CO[P]=[W]. The predicted octanol–water partition coefficient (Wildman–Crippen LogP) is 0.956. The first-order chi connectivity index (χ1) is 1.91. The Hall–Kier alpha value is 0.948. The first kappa shape index (κ1) is 4.95. The third-order valence-corrected chi connectivity index (χ3v) is 1.83. The van der Waals surface area contributed by atoms with E-state index in [-0.39, 0.29) is 0 Å². The van der Waals surface area contributed by atoms with Crippen LogP contribution < -0.4 is 0 Å². The van der Waals surface area contributed by atoms with E-state index in [9.17, 15) is 0 Å². The molecule has 0 heterocycles. The van der Waals surface area contributed by atoms with Crippen molar-refractivity contribution in [2.75, 3.05) is 7.11 Å². The van der Waals surface area contributed by atoms with E-state index in [1.54, 1.807) is 7.11 Å². The van der Waals surface area contributed by atoms with E-state index in [2.05, 4.69) is 4.52 Å². The zero-order chi connectivity index (χ0) is 3.41. The second-order valence-electron chi connectivity index (χ2n) is 0.257. The van der Waals surface area contributed by atoms with Gasteiger partial charge in [-0.3, -0.25) is 0 Å². The molecule has 1 nitrogen and oxygen atoms in total. The minimum atomic E-state index is 1.08. The van der Waals surface area contributed by atoms with Gasteiger partial charge < -0.3 is 0 Å². The van der Waals surface area contributed by atoms with Crippen LogP contribution in [0.3, 0.4) is 0 Å². The zero-order valence-electron chi connectivity index (χ0n) is 2.26. The van der Waals surface area contributed by atoms with Crippen molar-refractivity contribution in [3.8, 4) is 0 Å². The van der Waals surface area contributed by atoms with Crippen molar-refractivity contribution in [3.05, 3.63) is 0 Å². The van der Waals surface area contributed by atoms with Crippen molar-refractivity contribution in [2.45, 2.75) is 0 Å². The molecule has 0 amide bonds. The van der Waals surface area contributed by atoms with Crippen molar-refractivity contribution in [1.82, 2.24) is 0 Å². The molecule has 0 aromatic heterocycles. The van der Waals surface area contributed by atoms with Crippen LogP contribution in [0.2, 0.25) is 0 Å². The molecule has 4 heavy (non-hydrogen) atoms. The van der Waals surface area contributed by atoms with Crippen LogP contribution in [-0.4, -0.2) is 7.11 Å². The fourth-order valence-electron chi connectivity index (χ4n) is 0. The summed E-state index contributed by atoms with van der Waals surface area (Å²) in [5.41, 5.74) is 0. The van der Waals surface area contributed by atoms with E-state index in [4.69, 9.17) is 0 Å². The van der Waals surface area contributed by atoms with Crippen molar-refractivity contribution >= 4 is 6.44 Å². The first-order valence-corrected chi connectivity index (χ1v) is 5.44. The Morgan fingerprint density at radius 3 is 2.25 bits per heavy atom. The first-order valence-electron chi connectivity index (χ1n) is 0.773. The fraction of sp³-hybridized carbons (Fsp3) is 1.00. The molecule has 0 aliphatic heterocycles. The summed E-state index contributed by atoms with van der Waals surface area (Å²) in [6, 6.07) is 0. The van der Waals surface area contributed by atoms with Crippen molar-refractivity contribution < 1.29 is 23.3 Å². The molecule has 0 bridgehead atoms. The molecule has 0 fully saturated rings. The molecule has 0 saturated heterocycles. The van der Waals surface area contributed by atoms with Crippen LogP contribution in [0.5, 0.6) is 0 Å². The fourth-order valence-corrected chi connectivity index (χ4v) is 0. The summed E-state index contributed by atoms with van der Waals surface area (Å²) in [4.78, 5) is 0. The van der Waals surface area contributed by atoms with Gasteiger partial charge in [-0.05, 0) is 0 Å². The Labute approximate surface area is 37.4 Å². The summed E-state index contributed by atoms with van der Waals surface area (Å²) >= 11 is 1.46. The molecule has 0 aromatic rings. The van der Waals surface area contributed by atoms with Gasteiger partial charge in [-0.1, -0.05) is 0 Å². The van der Waals surface area contributed by atoms with E-state index in [0.29, 0.717) is 0 Å². The number of rotatable bonds is 1. The van der Waals surface area contributed by atoms with Crippen LogP contribution >= 0.6 is 6.44 Å². The van der Waals surface area contributed by atoms with Crippen LogP contribution in [0.15, 0.2) is 0 Å². The summed E-state index contributed by atoms with van der Waals surface area (Å²) in [6.07, 6.45) is 1.08. The Morgan fingerprint density at radius 1 is 2.00 bits per heavy atom. The molecule has 0 rings (SSSR count). The Morgan fingerprint density at radius 2 is 2.25 bits per heavy atom. The molecule has 0 aromatic carbocycles. The van der Waals surface area contributed by atoms with E-state index in [1.807, 2.05) is 0 Å². The van der Waals surface area contributed by atoms with Crippen molar-refractivity contribution in [2.24, 2.45) is 0 Å². The van der Waals surface area contributed by atoms with Gasteiger partial charge in [-0.15, -0.1) is 0 Å². The van der Waals surface area contributed by atoms with E-state index < -0.39 is 0 Å². The van der Waals surface area contributed by atoms with E-state index >= 15 is 0 Å². The van der Waals surface area contributed by atoms with Gasteiger partial charge in [0.25, 0.3) is 0 Å². The Bertz CT molecular complexity index is 22.0. The van der Waals surface area contributed by atoms with Gasteiger partial charge in [0.05, 0.1) is 0 Å². The second kappa shape index (κ2) is 3.95. The maximum absolute atomic E-state index is 4.55. The van der Waals surface area contributed by atoms with Crippen molar-refractivity contribution in [3.63, 3.8) is 0 Å². The van der Waals surface area contributed by atoms with Crippen LogP contribution in [0.25, 0.3) is 0 Å². The second-order valence-corrected chi connectivity index (χ2v) is 2.38. The van der Waals surface area contributed by atoms with Gasteiger partial charge in [0.2, 0.25) is 0 Å². The summed E-state index contributed by atoms with van der Waals surface area (Å²) in [6.45, 7) is 0. The van der Waals surface area contributed by atoms with Crippen molar-refractivity contribution in [1.29, 1.82) is 0 Å². The van der Waals surface area contributed by atoms with Gasteiger partial charge >= 0.3 is 36.9 Å². The molecule has 0 aliphatic rings. The molecule has 24 valence electrons. The van der Waals surface area contributed by atoms with Crippen LogP contribution in [0.4, 0.5) is 0 Å². The Kier molecular flexibility index (Phi) is 4.88. The third kappa shape index (κ3) is 2.95. The van der Waals surface area contributed by atoms with Gasteiger partial charge in [0.1, 0.15) is 0 Å². The normalized spacial score (nSPS) is 8.25. The van der Waals surface area contributed by atoms with Crippen LogP contribution in [-0.2, 0) is 23.3 Å². The quantitative estimate of drug-likeness (QED) is 0.626. The number of hydrogen-bond donors (Lipinski definition) is 0. The predicted molar refractivity (Wildman–Crippen MR) is 13.9 cm³/mol. The molecule has 0 N–H and O–H groups in total. The summed E-state index contributed by atoms with van der Waals surface area (Å²) in [7, 11) is 1.69. The molecular weight excluding hydrogens is 243 g/mol. The average molecular weight is 246 g/mol. The molecular formula is CH3OPW. The van der Waals surface area contributed by atoms with Crippen LogP contribution in [0, 0.1) is 0 Å². The van der Waals surface area contributed by atoms with E-state index in [1.165, 1.54) is 18.8 Å². The van der Waals surface area contributed by atoms with Crippen LogP contribution in [0.1, 0.15) is 0 Å². The molecule has 0 aliphatic carbocycles. The molecule has 0 saturated carbocycles. The molecule has 0 radical (unpaired) electrons. The summed E-state index contributed by atoms with van der Waals surface area (Å²) in [5, 5.41) is 0. The minimum absolute atomic E-state index is 1.08. The monoisotopic (exact) mass is 246 g/mol. The molecule has 0 unspecified atom stereocenters. The van der Waals surface area contributed by atoms with Gasteiger partial charge in [0, 0.05) is 0 Å². The standard InChI is InChI=1S/CH3OP.W/c1-2-3;/h1H3;. The van der Waals surface area contributed by atoms with E-state index in [0.717, 1.165) is 6.44 Å². The maximum atomic E-state index is 4.55. The molecule has 0 spiro atoms. The topological polar surface area (TPSA) is 9.23 Å². The van der Waals surface area contributed by atoms with Gasteiger partial charge in [-0.25, -0.2) is 0 Å². The number of hydrogen-bond acceptors (Lipinski definition) is 1. The van der Waals surface area contributed by atoms with Gasteiger partial charge in [0.15, 0.2) is 0 Å². The molecule has 0 atom stereocenters. The summed E-state index contributed by atoms with van der Waals surface area (Å²) < 4.78 is 4.55. The Balaban J connectivity index is 2.30.